The summed E-state index contributed by atoms with van der Waals surface area (Å²) in [5.74, 6) is 1.62. The summed E-state index contributed by atoms with van der Waals surface area (Å²) >= 11 is 5.89. The van der Waals surface area contributed by atoms with Gasteiger partial charge in [-0.15, -0.1) is 0 Å². The molecule has 4 nitrogen and oxygen atoms in total. The Bertz CT molecular complexity index is 594. The van der Waals surface area contributed by atoms with Crippen LogP contribution >= 0.6 is 11.6 Å². The Hall–Kier alpha value is -1.88. The molecule has 0 bridgehead atoms. The summed E-state index contributed by atoms with van der Waals surface area (Å²) in [6.07, 6.45) is 1.71. The van der Waals surface area contributed by atoms with Crippen LogP contribution in [0, 0.1) is 5.82 Å². The van der Waals surface area contributed by atoms with E-state index in [1.807, 2.05) is 6.92 Å². The van der Waals surface area contributed by atoms with Crippen LogP contribution in [0.2, 0.25) is 5.02 Å². The van der Waals surface area contributed by atoms with Crippen molar-refractivity contribution in [3.8, 4) is 0 Å². The van der Waals surface area contributed by atoms with Gasteiger partial charge in [-0.3, -0.25) is 0 Å². The largest absolute Gasteiger partial charge is 0.370 e. The summed E-state index contributed by atoms with van der Waals surface area (Å²) in [5.41, 5.74) is 0.297. The molecule has 0 saturated heterocycles. The van der Waals surface area contributed by atoms with Gasteiger partial charge in [-0.25, -0.2) is 14.4 Å². The van der Waals surface area contributed by atoms with Crippen LogP contribution in [-0.4, -0.2) is 16.5 Å². The fourth-order valence-corrected chi connectivity index (χ4v) is 2.07. The van der Waals surface area contributed by atoms with Gasteiger partial charge < -0.3 is 10.6 Å². The average Bonchev–Trinajstić information content (AvgIpc) is 2.43. The summed E-state index contributed by atoms with van der Waals surface area (Å²) in [6, 6.07) is 6.12. The molecule has 0 aliphatic carbocycles. The number of hydrogen-bond acceptors (Lipinski definition) is 4. The molecule has 2 N–H and O–H groups in total. The quantitative estimate of drug-likeness (QED) is 0.830. The molecule has 0 unspecified atom stereocenters. The molecular formula is C15H18ClFN4. The van der Waals surface area contributed by atoms with E-state index in [1.165, 1.54) is 18.2 Å². The zero-order chi connectivity index (χ0) is 15.2. The Kier molecular flexibility index (Phi) is 5.33. The fraction of sp³-hybridized carbons (Fsp3) is 0.333. The molecule has 0 fully saturated rings. The van der Waals surface area contributed by atoms with Gasteiger partial charge in [0.2, 0.25) is 0 Å². The minimum absolute atomic E-state index is 0.297. The number of rotatable bonds is 6. The molecule has 1 aromatic heterocycles. The summed E-state index contributed by atoms with van der Waals surface area (Å²) < 4.78 is 13.8. The molecule has 2 rings (SSSR count). The molecule has 0 radical (unpaired) electrons. The van der Waals surface area contributed by atoms with Crippen molar-refractivity contribution in [2.24, 2.45) is 0 Å². The van der Waals surface area contributed by atoms with Crippen LogP contribution in [0.1, 0.15) is 26.1 Å². The Morgan fingerprint density at radius 3 is 2.62 bits per heavy atom. The third kappa shape index (κ3) is 4.29. The number of nitrogens with zero attached hydrogens (tertiary/aromatic N) is 2. The lowest BCUT2D eigenvalue weighted by Gasteiger charge is -2.11. The van der Waals surface area contributed by atoms with Crippen LogP contribution in [0.15, 0.2) is 24.3 Å². The van der Waals surface area contributed by atoms with Gasteiger partial charge in [0.15, 0.2) is 0 Å². The van der Waals surface area contributed by atoms with Gasteiger partial charge in [-0.2, -0.15) is 0 Å². The summed E-state index contributed by atoms with van der Waals surface area (Å²) in [7, 11) is 0. The number of aryl methyl sites for hydroxylation is 1. The predicted molar refractivity (Wildman–Crippen MR) is 84.9 cm³/mol. The molecule has 6 heteroatoms. The van der Waals surface area contributed by atoms with E-state index in [2.05, 4.69) is 27.5 Å². The third-order valence-corrected chi connectivity index (χ3v) is 3.03. The second-order valence-electron chi connectivity index (χ2n) is 4.58. The smallest absolute Gasteiger partial charge is 0.146 e. The van der Waals surface area contributed by atoms with E-state index < -0.39 is 0 Å². The topological polar surface area (TPSA) is 49.8 Å². The number of nitrogens with one attached hydrogen (secondary N) is 2. The first-order chi connectivity index (χ1) is 10.1. The van der Waals surface area contributed by atoms with Crippen molar-refractivity contribution in [2.75, 3.05) is 17.2 Å². The van der Waals surface area contributed by atoms with E-state index in [4.69, 9.17) is 11.6 Å². The molecule has 0 aliphatic heterocycles. The number of hydrogen-bond donors (Lipinski definition) is 2. The van der Waals surface area contributed by atoms with Crippen molar-refractivity contribution in [1.82, 2.24) is 9.97 Å². The van der Waals surface area contributed by atoms with Gasteiger partial charge in [-0.05, 0) is 31.5 Å². The van der Waals surface area contributed by atoms with E-state index >= 15 is 0 Å². The normalized spacial score (nSPS) is 10.5. The Morgan fingerprint density at radius 2 is 1.90 bits per heavy atom. The Balaban J connectivity index is 2.31. The minimum atomic E-state index is -0.375. The zero-order valence-corrected chi connectivity index (χ0v) is 12.8. The molecule has 0 amide bonds. The van der Waals surface area contributed by atoms with E-state index in [0.29, 0.717) is 16.5 Å². The molecule has 0 aliphatic rings. The first kappa shape index (κ1) is 15.5. The van der Waals surface area contributed by atoms with Gasteiger partial charge in [-0.1, -0.05) is 18.5 Å². The Labute approximate surface area is 128 Å². The van der Waals surface area contributed by atoms with Gasteiger partial charge in [0.25, 0.3) is 0 Å². The van der Waals surface area contributed by atoms with E-state index in [9.17, 15) is 4.39 Å². The molecule has 112 valence electrons. The first-order valence-corrected chi connectivity index (χ1v) is 7.34. The monoisotopic (exact) mass is 308 g/mol. The lowest BCUT2D eigenvalue weighted by atomic mass is 10.3. The van der Waals surface area contributed by atoms with Crippen molar-refractivity contribution in [2.45, 2.75) is 26.7 Å². The maximum Gasteiger partial charge on any atom is 0.146 e. The molecule has 0 spiro atoms. The lowest BCUT2D eigenvalue weighted by Crippen LogP contribution is -2.06. The molecule has 0 saturated carbocycles. The van der Waals surface area contributed by atoms with E-state index in [-0.39, 0.29) is 5.82 Å². The van der Waals surface area contributed by atoms with Crippen LogP contribution in [0.25, 0.3) is 0 Å². The SMILES string of the molecule is CCCc1nc(NCC)cc(Nc2cc(Cl)ccc2F)n1. The van der Waals surface area contributed by atoms with Crippen LogP contribution in [-0.2, 0) is 6.42 Å². The number of aromatic nitrogens is 2. The van der Waals surface area contributed by atoms with Crippen molar-refractivity contribution < 1.29 is 4.39 Å². The molecule has 1 aromatic carbocycles. The minimum Gasteiger partial charge on any atom is -0.370 e. The highest BCUT2D eigenvalue weighted by Crippen LogP contribution is 2.24. The van der Waals surface area contributed by atoms with Gasteiger partial charge in [0, 0.05) is 24.1 Å². The lowest BCUT2D eigenvalue weighted by molar-refractivity contribution is 0.631. The van der Waals surface area contributed by atoms with Crippen LogP contribution in [0.3, 0.4) is 0 Å². The van der Waals surface area contributed by atoms with Gasteiger partial charge in [0.05, 0.1) is 5.69 Å². The predicted octanol–water partition coefficient (Wildman–Crippen LogP) is 4.40. The number of benzene rings is 1. The van der Waals surface area contributed by atoms with Crippen LogP contribution in [0.5, 0.6) is 0 Å². The highest BCUT2D eigenvalue weighted by atomic mass is 35.5. The van der Waals surface area contributed by atoms with Gasteiger partial charge in [0.1, 0.15) is 23.3 Å². The second-order valence-corrected chi connectivity index (χ2v) is 5.02. The van der Waals surface area contributed by atoms with Crippen molar-refractivity contribution >= 4 is 28.9 Å². The highest BCUT2D eigenvalue weighted by Gasteiger charge is 2.08. The van der Waals surface area contributed by atoms with E-state index in [1.54, 1.807) is 6.07 Å². The first-order valence-electron chi connectivity index (χ1n) is 6.96. The van der Waals surface area contributed by atoms with Crippen molar-refractivity contribution in [3.63, 3.8) is 0 Å². The molecule has 1 heterocycles. The average molecular weight is 309 g/mol. The van der Waals surface area contributed by atoms with E-state index in [0.717, 1.165) is 31.0 Å². The maximum atomic E-state index is 13.8. The summed E-state index contributed by atoms with van der Waals surface area (Å²) in [6.45, 7) is 4.81. The van der Waals surface area contributed by atoms with Crippen LogP contribution < -0.4 is 10.6 Å². The van der Waals surface area contributed by atoms with Crippen molar-refractivity contribution in [3.05, 3.63) is 40.9 Å². The molecule has 21 heavy (non-hydrogen) atoms. The summed E-state index contributed by atoms with van der Waals surface area (Å²) in [5, 5.41) is 6.57. The van der Waals surface area contributed by atoms with Crippen LogP contribution in [0.4, 0.5) is 21.7 Å². The molecular weight excluding hydrogens is 291 g/mol. The molecule has 2 aromatic rings. The Morgan fingerprint density at radius 1 is 1.14 bits per heavy atom. The van der Waals surface area contributed by atoms with Crippen molar-refractivity contribution in [1.29, 1.82) is 0 Å². The second kappa shape index (κ2) is 7.22. The van der Waals surface area contributed by atoms with Gasteiger partial charge >= 0.3 is 0 Å². The standard InChI is InChI=1S/C15H18ClFN4/c1-3-5-13-20-14(18-4-2)9-15(21-13)19-12-8-10(16)6-7-11(12)17/h6-9H,3-5H2,1-2H3,(H2,18,19,20,21). The number of halogens is 2. The highest BCUT2D eigenvalue weighted by molar-refractivity contribution is 6.30. The molecule has 0 atom stereocenters. The summed E-state index contributed by atoms with van der Waals surface area (Å²) in [4.78, 5) is 8.81. The fourth-order valence-electron chi connectivity index (χ4n) is 1.90. The zero-order valence-electron chi connectivity index (χ0n) is 12.1. The third-order valence-electron chi connectivity index (χ3n) is 2.80. The number of anilines is 3. The maximum absolute atomic E-state index is 13.8.